The smallest absolute Gasteiger partial charge is 0.339 e. The van der Waals surface area contributed by atoms with Gasteiger partial charge in [-0.25, -0.2) is 4.79 Å². The van der Waals surface area contributed by atoms with Crippen molar-refractivity contribution in [3.63, 3.8) is 0 Å². The predicted molar refractivity (Wildman–Crippen MR) is 78.4 cm³/mol. The van der Waals surface area contributed by atoms with Crippen LogP contribution < -0.4 is 9.64 Å². The lowest BCUT2D eigenvalue weighted by Crippen LogP contribution is -2.36. The second-order valence-electron chi connectivity index (χ2n) is 4.75. The summed E-state index contributed by atoms with van der Waals surface area (Å²) in [5.41, 5.74) is 1.03. The van der Waals surface area contributed by atoms with Gasteiger partial charge in [0.05, 0.1) is 18.8 Å². The number of rotatable bonds is 8. The topological polar surface area (TPSA) is 68.2 Å². The van der Waals surface area contributed by atoms with Crippen molar-refractivity contribution in [2.24, 2.45) is 0 Å². The molecule has 0 saturated heterocycles. The summed E-state index contributed by atoms with van der Waals surface area (Å²) in [5, 5.41) is 9.19. The van der Waals surface area contributed by atoms with E-state index in [1.807, 2.05) is 6.07 Å². The highest BCUT2D eigenvalue weighted by molar-refractivity contribution is 5.93. The van der Waals surface area contributed by atoms with Crippen molar-refractivity contribution >= 4 is 11.7 Å². The molecular formula is C15H21NO5. The summed E-state index contributed by atoms with van der Waals surface area (Å²) in [6.45, 7) is 3.90. The van der Waals surface area contributed by atoms with Gasteiger partial charge in [0.2, 0.25) is 0 Å². The molecule has 0 fully saturated rings. The largest absolute Gasteiger partial charge is 0.489 e. The molecular weight excluding hydrogens is 274 g/mol. The lowest BCUT2D eigenvalue weighted by molar-refractivity contribution is 0.0692. The quantitative estimate of drug-likeness (QED) is 0.735. The van der Waals surface area contributed by atoms with Crippen LogP contribution in [-0.4, -0.2) is 57.7 Å². The fraction of sp³-hybridized carbons (Fsp3) is 0.533. The van der Waals surface area contributed by atoms with Gasteiger partial charge in [0.1, 0.15) is 12.2 Å². The molecule has 0 radical (unpaired) electrons. The van der Waals surface area contributed by atoms with Gasteiger partial charge in [0, 0.05) is 26.9 Å². The summed E-state index contributed by atoms with van der Waals surface area (Å²) in [5.74, 6) is -0.514. The van der Waals surface area contributed by atoms with Gasteiger partial charge in [-0.2, -0.15) is 0 Å². The Balaban J connectivity index is 1.92. The molecule has 0 atom stereocenters. The third kappa shape index (κ3) is 4.09. The van der Waals surface area contributed by atoms with Crippen molar-refractivity contribution in [3.8, 4) is 5.75 Å². The molecule has 1 aliphatic heterocycles. The second-order valence-corrected chi connectivity index (χ2v) is 4.75. The van der Waals surface area contributed by atoms with Crippen LogP contribution in [0.5, 0.6) is 5.75 Å². The number of nitrogens with zero attached hydrogens (tertiary/aromatic N) is 1. The van der Waals surface area contributed by atoms with E-state index in [9.17, 15) is 9.90 Å². The molecule has 2 rings (SSSR count). The molecule has 1 aliphatic rings. The van der Waals surface area contributed by atoms with E-state index >= 15 is 0 Å². The first-order valence-electron chi connectivity index (χ1n) is 7.04. The molecule has 0 amide bonds. The van der Waals surface area contributed by atoms with Gasteiger partial charge in [0.25, 0.3) is 0 Å². The van der Waals surface area contributed by atoms with Crippen molar-refractivity contribution in [2.45, 2.75) is 6.42 Å². The van der Waals surface area contributed by atoms with E-state index in [1.165, 1.54) is 0 Å². The Morgan fingerprint density at radius 1 is 1.38 bits per heavy atom. The molecule has 0 spiro atoms. The number of aromatic carboxylic acids is 1. The Morgan fingerprint density at radius 3 is 3.00 bits per heavy atom. The second kappa shape index (κ2) is 7.85. The van der Waals surface area contributed by atoms with E-state index in [4.69, 9.17) is 14.2 Å². The summed E-state index contributed by atoms with van der Waals surface area (Å²) in [7, 11) is 1.67. The maximum absolute atomic E-state index is 11.2. The molecule has 1 aromatic rings. The monoisotopic (exact) mass is 295 g/mol. The van der Waals surface area contributed by atoms with Crippen molar-refractivity contribution in [2.75, 3.05) is 51.5 Å². The Labute approximate surface area is 124 Å². The summed E-state index contributed by atoms with van der Waals surface area (Å²) in [4.78, 5) is 13.3. The van der Waals surface area contributed by atoms with Crippen LogP contribution in [-0.2, 0) is 9.47 Å². The first-order chi connectivity index (χ1) is 10.2. The SMILES string of the molecule is COCCCOCCN1CCOc2c(C(=O)O)cccc21. The number of para-hydroxylation sites is 1. The van der Waals surface area contributed by atoms with Crippen molar-refractivity contribution in [1.29, 1.82) is 0 Å². The third-order valence-electron chi connectivity index (χ3n) is 3.32. The number of carboxylic acid groups (broad SMARTS) is 1. The summed E-state index contributed by atoms with van der Waals surface area (Å²) >= 11 is 0. The number of anilines is 1. The minimum Gasteiger partial charge on any atom is -0.489 e. The third-order valence-corrected chi connectivity index (χ3v) is 3.32. The zero-order valence-electron chi connectivity index (χ0n) is 12.2. The molecule has 116 valence electrons. The zero-order chi connectivity index (χ0) is 15.1. The van der Waals surface area contributed by atoms with Crippen LogP contribution in [0.15, 0.2) is 18.2 Å². The zero-order valence-corrected chi connectivity index (χ0v) is 12.2. The standard InChI is InChI=1S/C15H21NO5/c1-19-8-3-9-20-10-6-16-7-11-21-14-12(15(17)18)4-2-5-13(14)16/h2,4-5H,3,6-11H2,1H3,(H,17,18). The molecule has 0 bridgehead atoms. The van der Waals surface area contributed by atoms with E-state index in [2.05, 4.69) is 4.90 Å². The number of fused-ring (bicyclic) bond motifs is 1. The number of methoxy groups -OCH3 is 1. The Hall–Kier alpha value is -1.79. The van der Waals surface area contributed by atoms with Crippen LogP contribution in [0.3, 0.4) is 0 Å². The first kappa shape index (κ1) is 15.6. The van der Waals surface area contributed by atoms with Crippen LogP contribution >= 0.6 is 0 Å². The first-order valence-corrected chi connectivity index (χ1v) is 7.04. The van der Waals surface area contributed by atoms with E-state index < -0.39 is 5.97 Å². The van der Waals surface area contributed by atoms with Crippen LogP contribution in [0.4, 0.5) is 5.69 Å². The molecule has 0 saturated carbocycles. The van der Waals surface area contributed by atoms with Gasteiger partial charge in [-0.15, -0.1) is 0 Å². The number of benzene rings is 1. The minimum absolute atomic E-state index is 0.207. The van der Waals surface area contributed by atoms with Gasteiger partial charge >= 0.3 is 5.97 Å². The summed E-state index contributed by atoms with van der Waals surface area (Å²) in [6, 6.07) is 5.18. The average Bonchev–Trinajstić information content (AvgIpc) is 2.50. The normalized spacial score (nSPS) is 13.7. The number of hydrogen-bond donors (Lipinski definition) is 1. The van der Waals surface area contributed by atoms with Crippen LogP contribution in [0.2, 0.25) is 0 Å². The van der Waals surface area contributed by atoms with Crippen LogP contribution in [0.1, 0.15) is 16.8 Å². The van der Waals surface area contributed by atoms with Gasteiger partial charge in [0.15, 0.2) is 5.75 Å². The molecule has 1 N–H and O–H groups in total. The average molecular weight is 295 g/mol. The minimum atomic E-state index is -0.968. The lowest BCUT2D eigenvalue weighted by Gasteiger charge is -2.31. The Kier molecular flexibility index (Phi) is 5.83. The Morgan fingerprint density at radius 2 is 2.24 bits per heavy atom. The van der Waals surface area contributed by atoms with Gasteiger partial charge in [-0.3, -0.25) is 0 Å². The van der Waals surface area contributed by atoms with Crippen molar-refractivity contribution in [3.05, 3.63) is 23.8 Å². The highest BCUT2D eigenvalue weighted by Gasteiger charge is 2.23. The predicted octanol–water partition coefficient (Wildman–Crippen LogP) is 1.64. The van der Waals surface area contributed by atoms with Crippen LogP contribution in [0.25, 0.3) is 0 Å². The maximum atomic E-state index is 11.2. The van der Waals surface area contributed by atoms with Crippen molar-refractivity contribution in [1.82, 2.24) is 0 Å². The highest BCUT2D eigenvalue weighted by Crippen LogP contribution is 2.34. The highest BCUT2D eigenvalue weighted by atomic mass is 16.5. The van der Waals surface area contributed by atoms with E-state index in [-0.39, 0.29) is 5.56 Å². The maximum Gasteiger partial charge on any atom is 0.339 e. The molecule has 21 heavy (non-hydrogen) atoms. The number of carbonyl (C=O) groups is 1. The lowest BCUT2D eigenvalue weighted by atomic mass is 10.1. The fourth-order valence-electron chi connectivity index (χ4n) is 2.29. The molecule has 0 unspecified atom stereocenters. The van der Waals surface area contributed by atoms with E-state index in [0.717, 1.165) is 18.7 Å². The Bertz CT molecular complexity index is 477. The molecule has 0 aromatic heterocycles. The molecule has 6 nitrogen and oxygen atoms in total. The number of hydrogen-bond acceptors (Lipinski definition) is 5. The summed E-state index contributed by atoms with van der Waals surface area (Å²) < 4.78 is 16.0. The van der Waals surface area contributed by atoms with Gasteiger partial charge in [-0.05, 0) is 18.6 Å². The van der Waals surface area contributed by atoms with E-state index in [0.29, 0.717) is 38.7 Å². The van der Waals surface area contributed by atoms with E-state index in [1.54, 1.807) is 19.2 Å². The fourth-order valence-corrected chi connectivity index (χ4v) is 2.29. The number of carboxylic acids is 1. The number of ether oxygens (including phenoxy) is 3. The molecule has 1 aromatic carbocycles. The van der Waals surface area contributed by atoms with Crippen LogP contribution in [0, 0.1) is 0 Å². The molecule has 6 heteroatoms. The van der Waals surface area contributed by atoms with Gasteiger partial charge in [-0.1, -0.05) is 6.07 Å². The van der Waals surface area contributed by atoms with Gasteiger partial charge < -0.3 is 24.2 Å². The molecule has 1 heterocycles. The molecule has 0 aliphatic carbocycles. The van der Waals surface area contributed by atoms with Crippen molar-refractivity contribution < 1.29 is 24.1 Å². The summed E-state index contributed by atoms with van der Waals surface area (Å²) in [6.07, 6.45) is 0.874.